The molecule has 0 radical (unpaired) electrons. The van der Waals surface area contributed by atoms with Gasteiger partial charge in [0.2, 0.25) is 5.82 Å². The number of nitrogens with zero attached hydrogens (tertiary/aromatic N) is 3. The van der Waals surface area contributed by atoms with Crippen molar-refractivity contribution in [2.24, 2.45) is 0 Å². The molecule has 2 aliphatic heterocycles. The van der Waals surface area contributed by atoms with Gasteiger partial charge >= 0.3 is 6.03 Å². The van der Waals surface area contributed by atoms with Crippen LogP contribution in [0.3, 0.4) is 0 Å². The second-order valence-corrected chi connectivity index (χ2v) is 5.03. The Kier molecular flexibility index (Phi) is 2.70. The van der Waals surface area contributed by atoms with E-state index in [-0.39, 0.29) is 17.6 Å². The summed E-state index contributed by atoms with van der Waals surface area (Å²) in [5.41, 5.74) is -0.872. The van der Waals surface area contributed by atoms with Crippen molar-refractivity contribution >= 4 is 17.8 Å². The summed E-state index contributed by atoms with van der Waals surface area (Å²) >= 11 is 0. The maximum atomic E-state index is 12.2. The third-order valence-electron chi connectivity index (χ3n) is 3.71. The normalized spacial score (nSPS) is 20.9. The lowest BCUT2D eigenvalue weighted by molar-refractivity contribution is -0.125. The number of aryl methyl sites for hydroxylation is 1. The van der Waals surface area contributed by atoms with E-state index >= 15 is 0 Å². The van der Waals surface area contributed by atoms with Gasteiger partial charge in [-0.15, -0.1) is 5.10 Å². The van der Waals surface area contributed by atoms with Gasteiger partial charge in [-0.3, -0.25) is 20.0 Å². The number of likely N-dealkylation sites (tertiary alicyclic amines) is 1. The first-order valence-corrected chi connectivity index (χ1v) is 6.32. The van der Waals surface area contributed by atoms with Crippen LogP contribution in [-0.4, -0.2) is 56.6 Å². The van der Waals surface area contributed by atoms with Gasteiger partial charge in [-0.2, -0.15) is 0 Å². The molecule has 2 fully saturated rings. The Morgan fingerprint density at radius 1 is 1.30 bits per heavy atom. The molecule has 3 rings (SSSR count). The summed E-state index contributed by atoms with van der Waals surface area (Å²) in [4.78, 5) is 40.7. The van der Waals surface area contributed by atoms with Crippen molar-refractivity contribution < 1.29 is 14.4 Å². The Balaban J connectivity index is 1.68. The summed E-state index contributed by atoms with van der Waals surface area (Å²) in [7, 11) is 0. The molecular weight excluding hydrogens is 264 g/mol. The number of rotatable bonds is 1. The highest BCUT2D eigenvalue weighted by Gasteiger charge is 2.48. The standard InChI is InChI=1S/C11H14N6O3/c1-6-12-7(16-15-6)8(18)17-4-2-11(3-5-17)9(19)13-10(20)14-11/h2-5H2,1H3,(H,12,15,16)(H2,13,14,19,20). The van der Waals surface area contributed by atoms with Crippen molar-refractivity contribution in [1.29, 1.82) is 0 Å². The van der Waals surface area contributed by atoms with E-state index in [2.05, 4.69) is 25.8 Å². The van der Waals surface area contributed by atoms with Crippen LogP contribution in [0.5, 0.6) is 0 Å². The second-order valence-electron chi connectivity index (χ2n) is 5.03. The van der Waals surface area contributed by atoms with E-state index < -0.39 is 11.6 Å². The zero-order chi connectivity index (χ0) is 14.3. The van der Waals surface area contributed by atoms with Crippen molar-refractivity contribution in [3.05, 3.63) is 11.6 Å². The predicted octanol–water partition coefficient (Wildman–Crippen LogP) is -1.07. The van der Waals surface area contributed by atoms with Crippen molar-refractivity contribution in [3.63, 3.8) is 0 Å². The minimum Gasteiger partial charge on any atom is -0.336 e. The molecule has 9 nitrogen and oxygen atoms in total. The molecule has 0 aliphatic carbocycles. The minimum atomic E-state index is -0.872. The third-order valence-corrected chi connectivity index (χ3v) is 3.71. The van der Waals surface area contributed by atoms with Gasteiger partial charge in [0.15, 0.2) is 0 Å². The van der Waals surface area contributed by atoms with E-state index in [1.807, 2.05) is 0 Å². The monoisotopic (exact) mass is 278 g/mol. The summed E-state index contributed by atoms with van der Waals surface area (Å²) in [5, 5.41) is 11.3. The van der Waals surface area contributed by atoms with Gasteiger partial charge in [-0.1, -0.05) is 0 Å². The molecule has 2 aliphatic rings. The number of urea groups is 1. The van der Waals surface area contributed by atoms with E-state index in [0.717, 1.165) is 0 Å². The average molecular weight is 278 g/mol. The van der Waals surface area contributed by atoms with E-state index in [1.54, 1.807) is 11.8 Å². The number of carbonyl (C=O) groups excluding carboxylic acids is 3. The fraction of sp³-hybridized carbons (Fsp3) is 0.545. The zero-order valence-corrected chi connectivity index (χ0v) is 10.9. The molecule has 2 saturated heterocycles. The number of imide groups is 1. The van der Waals surface area contributed by atoms with Gasteiger partial charge in [0.05, 0.1) is 0 Å². The topological polar surface area (TPSA) is 120 Å². The highest BCUT2D eigenvalue weighted by molar-refractivity contribution is 6.07. The largest absolute Gasteiger partial charge is 0.336 e. The summed E-state index contributed by atoms with van der Waals surface area (Å²) in [6.07, 6.45) is 0.777. The summed E-state index contributed by atoms with van der Waals surface area (Å²) < 4.78 is 0. The molecule has 9 heteroatoms. The highest BCUT2D eigenvalue weighted by Crippen LogP contribution is 2.25. The second kappa shape index (κ2) is 4.29. The Morgan fingerprint density at radius 2 is 2.00 bits per heavy atom. The molecular formula is C11H14N6O3. The van der Waals surface area contributed by atoms with Crippen molar-refractivity contribution in [3.8, 4) is 0 Å². The third kappa shape index (κ3) is 1.91. The van der Waals surface area contributed by atoms with Crippen molar-refractivity contribution in [1.82, 2.24) is 30.7 Å². The van der Waals surface area contributed by atoms with Crippen molar-refractivity contribution in [2.45, 2.75) is 25.3 Å². The summed E-state index contributed by atoms with van der Waals surface area (Å²) in [6, 6.07) is -0.473. The molecule has 1 spiro atoms. The molecule has 1 aromatic rings. The van der Waals surface area contributed by atoms with Crippen LogP contribution in [0.4, 0.5) is 4.79 Å². The molecule has 3 N–H and O–H groups in total. The number of carbonyl (C=O) groups is 3. The lowest BCUT2D eigenvalue weighted by Gasteiger charge is -2.36. The number of nitrogens with one attached hydrogen (secondary N) is 3. The molecule has 3 heterocycles. The number of aromatic nitrogens is 3. The summed E-state index contributed by atoms with van der Waals surface area (Å²) in [6.45, 7) is 2.47. The molecule has 106 valence electrons. The molecule has 0 atom stereocenters. The maximum Gasteiger partial charge on any atom is 0.322 e. The Morgan fingerprint density at radius 3 is 2.50 bits per heavy atom. The van der Waals surface area contributed by atoms with Crippen LogP contribution in [0.15, 0.2) is 0 Å². The van der Waals surface area contributed by atoms with Gasteiger partial charge in [-0.05, 0) is 19.8 Å². The van der Waals surface area contributed by atoms with Crippen molar-refractivity contribution in [2.75, 3.05) is 13.1 Å². The highest BCUT2D eigenvalue weighted by atomic mass is 16.2. The molecule has 4 amide bonds. The lowest BCUT2D eigenvalue weighted by Crippen LogP contribution is -2.55. The van der Waals surface area contributed by atoms with Gasteiger partial charge in [-0.25, -0.2) is 9.78 Å². The quantitative estimate of drug-likeness (QED) is 0.565. The Hall–Kier alpha value is -2.45. The van der Waals surface area contributed by atoms with E-state index in [0.29, 0.717) is 31.8 Å². The van der Waals surface area contributed by atoms with Gasteiger partial charge in [0, 0.05) is 13.1 Å². The fourth-order valence-electron chi connectivity index (χ4n) is 2.55. The van der Waals surface area contributed by atoms with Crippen LogP contribution in [0.2, 0.25) is 0 Å². The SMILES string of the molecule is Cc1nc(C(=O)N2CCC3(CC2)NC(=O)NC3=O)n[nH]1. The van der Waals surface area contributed by atoms with Gasteiger partial charge in [0.25, 0.3) is 11.8 Å². The Labute approximate surface area is 114 Å². The minimum absolute atomic E-state index is 0.123. The molecule has 0 unspecified atom stereocenters. The number of aromatic amines is 1. The Bertz CT molecular complexity index is 587. The molecule has 0 saturated carbocycles. The van der Waals surface area contributed by atoms with E-state index in [9.17, 15) is 14.4 Å². The molecule has 20 heavy (non-hydrogen) atoms. The summed E-state index contributed by atoms with van der Waals surface area (Å²) in [5.74, 6) is 0.111. The fourth-order valence-corrected chi connectivity index (χ4v) is 2.55. The first kappa shape index (κ1) is 12.6. The van der Waals surface area contributed by atoms with Crippen LogP contribution >= 0.6 is 0 Å². The number of H-pyrrole nitrogens is 1. The zero-order valence-electron chi connectivity index (χ0n) is 10.9. The van der Waals surface area contributed by atoms with Crippen LogP contribution < -0.4 is 10.6 Å². The first-order valence-electron chi connectivity index (χ1n) is 6.32. The molecule has 1 aromatic heterocycles. The number of piperidine rings is 1. The van der Waals surface area contributed by atoms with E-state index in [1.165, 1.54) is 0 Å². The number of hydrogen-bond donors (Lipinski definition) is 3. The van der Waals surface area contributed by atoms with Crippen LogP contribution in [0.25, 0.3) is 0 Å². The smallest absolute Gasteiger partial charge is 0.322 e. The van der Waals surface area contributed by atoms with Crippen LogP contribution in [-0.2, 0) is 4.79 Å². The van der Waals surface area contributed by atoms with Gasteiger partial charge in [0.1, 0.15) is 11.4 Å². The lowest BCUT2D eigenvalue weighted by atomic mass is 9.87. The number of hydrogen-bond acceptors (Lipinski definition) is 5. The van der Waals surface area contributed by atoms with Crippen LogP contribution in [0.1, 0.15) is 29.3 Å². The number of amides is 4. The van der Waals surface area contributed by atoms with E-state index in [4.69, 9.17) is 0 Å². The predicted molar refractivity (Wildman–Crippen MR) is 65.7 cm³/mol. The first-order chi connectivity index (χ1) is 9.50. The maximum absolute atomic E-state index is 12.2. The van der Waals surface area contributed by atoms with Crippen LogP contribution in [0, 0.1) is 6.92 Å². The molecule has 0 aromatic carbocycles. The van der Waals surface area contributed by atoms with Gasteiger partial charge < -0.3 is 10.2 Å². The average Bonchev–Trinajstić information content (AvgIpc) is 2.95. The molecule has 0 bridgehead atoms.